The topological polar surface area (TPSA) is 76.5 Å². The average molecular weight is 424 g/mol. The third-order valence-corrected chi connectivity index (χ3v) is 5.25. The molecule has 0 bridgehead atoms. The smallest absolute Gasteiger partial charge is 0.337 e. The van der Waals surface area contributed by atoms with Crippen molar-refractivity contribution in [2.24, 2.45) is 0 Å². The summed E-state index contributed by atoms with van der Waals surface area (Å²) in [6.07, 6.45) is 3.52. The van der Waals surface area contributed by atoms with Crippen LogP contribution in [0, 0.1) is 0 Å². The number of methoxy groups -OCH3 is 1. The number of pyridine rings is 1. The summed E-state index contributed by atoms with van der Waals surface area (Å²) >= 11 is 3.36. The fourth-order valence-electron chi connectivity index (χ4n) is 3.26. The molecule has 6 heteroatoms. The molecule has 0 fully saturated rings. The molecular weight excluding hydrogens is 410 g/mol. The molecule has 0 saturated heterocycles. The van der Waals surface area contributed by atoms with Crippen molar-refractivity contribution in [2.45, 2.75) is 4.83 Å². The maximum atomic E-state index is 12.9. The number of rotatable bonds is 2. The number of aromatic nitrogens is 1. The van der Waals surface area contributed by atoms with Crippen molar-refractivity contribution in [2.75, 3.05) is 7.11 Å². The number of ketones is 1. The number of para-hydroxylation sites is 1. The standard InChI is InChI=1S/C21H14BrNO4/c1-27-21(26)11-6-9-17(24)13(10-11)18-12-4-2-3-5-15(12)23-16-8-7-14(22)20(25)19(16)18/h2-10,14,24H,1H3. The first-order valence-electron chi connectivity index (χ1n) is 8.22. The van der Waals surface area contributed by atoms with Gasteiger partial charge in [-0.15, -0.1) is 0 Å². The highest BCUT2D eigenvalue weighted by Gasteiger charge is 2.29. The molecular formula is C21H14BrNO4. The van der Waals surface area contributed by atoms with Crippen LogP contribution in [0.3, 0.4) is 0 Å². The maximum absolute atomic E-state index is 12.9. The number of fused-ring (bicyclic) bond motifs is 2. The van der Waals surface area contributed by atoms with Crippen molar-refractivity contribution in [3.05, 3.63) is 65.4 Å². The van der Waals surface area contributed by atoms with E-state index in [4.69, 9.17) is 4.74 Å². The Bertz CT molecular complexity index is 1140. The van der Waals surface area contributed by atoms with Gasteiger partial charge in [-0.05, 0) is 30.3 Å². The Morgan fingerprint density at radius 2 is 1.96 bits per heavy atom. The fraction of sp³-hybridized carbons (Fsp3) is 0.0952. The lowest BCUT2D eigenvalue weighted by Crippen LogP contribution is -2.19. The average Bonchev–Trinajstić information content (AvgIpc) is 2.69. The van der Waals surface area contributed by atoms with Gasteiger partial charge in [0.1, 0.15) is 5.75 Å². The van der Waals surface area contributed by atoms with Gasteiger partial charge in [-0.1, -0.05) is 40.2 Å². The van der Waals surface area contributed by atoms with E-state index in [1.54, 1.807) is 12.2 Å². The molecule has 0 saturated carbocycles. The van der Waals surface area contributed by atoms with Crippen LogP contribution in [0.5, 0.6) is 5.75 Å². The Balaban J connectivity index is 2.12. The van der Waals surface area contributed by atoms with Gasteiger partial charge < -0.3 is 9.84 Å². The van der Waals surface area contributed by atoms with E-state index in [1.165, 1.54) is 25.3 Å². The van der Waals surface area contributed by atoms with E-state index in [1.807, 2.05) is 24.3 Å². The molecule has 3 aromatic rings. The first kappa shape index (κ1) is 17.4. The van der Waals surface area contributed by atoms with E-state index in [0.717, 1.165) is 5.39 Å². The van der Waals surface area contributed by atoms with Gasteiger partial charge in [0.2, 0.25) is 0 Å². The van der Waals surface area contributed by atoms with E-state index in [9.17, 15) is 14.7 Å². The molecule has 0 amide bonds. The van der Waals surface area contributed by atoms with Crippen LogP contribution in [0.1, 0.15) is 26.4 Å². The summed E-state index contributed by atoms with van der Waals surface area (Å²) in [4.78, 5) is 29.0. The molecule has 5 nitrogen and oxygen atoms in total. The second-order valence-electron chi connectivity index (χ2n) is 6.11. The zero-order valence-corrected chi connectivity index (χ0v) is 15.9. The van der Waals surface area contributed by atoms with Crippen molar-refractivity contribution in [1.29, 1.82) is 0 Å². The molecule has 1 N–H and O–H groups in total. The van der Waals surface area contributed by atoms with E-state index in [2.05, 4.69) is 20.9 Å². The van der Waals surface area contributed by atoms with E-state index >= 15 is 0 Å². The van der Waals surface area contributed by atoms with Crippen molar-refractivity contribution in [1.82, 2.24) is 4.98 Å². The van der Waals surface area contributed by atoms with Crippen LogP contribution >= 0.6 is 15.9 Å². The molecule has 27 heavy (non-hydrogen) atoms. The van der Waals surface area contributed by atoms with Gasteiger partial charge in [-0.3, -0.25) is 4.79 Å². The number of phenols is 1. The molecule has 1 aliphatic carbocycles. The number of benzene rings is 2. The molecule has 0 radical (unpaired) electrons. The third kappa shape index (κ3) is 2.82. The third-order valence-electron chi connectivity index (χ3n) is 4.53. The summed E-state index contributed by atoms with van der Waals surface area (Å²) in [6.45, 7) is 0. The molecule has 2 aromatic carbocycles. The number of hydrogen-bond donors (Lipinski definition) is 1. The molecule has 1 aromatic heterocycles. The van der Waals surface area contributed by atoms with Crippen molar-refractivity contribution in [3.8, 4) is 16.9 Å². The quantitative estimate of drug-likeness (QED) is 0.489. The predicted octanol–water partition coefficient (Wildman–Crippen LogP) is 4.37. The number of Topliss-reactive ketones (excluding diaryl/α,β-unsaturated/α-hetero) is 1. The van der Waals surface area contributed by atoms with Crippen LogP contribution in [-0.4, -0.2) is 33.8 Å². The lowest BCUT2D eigenvalue weighted by Gasteiger charge is -2.20. The second-order valence-corrected chi connectivity index (χ2v) is 7.10. The highest BCUT2D eigenvalue weighted by Crippen LogP contribution is 2.41. The predicted molar refractivity (Wildman–Crippen MR) is 106 cm³/mol. The Morgan fingerprint density at radius 3 is 2.74 bits per heavy atom. The highest BCUT2D eigenvalue weighted by atomic mass is 79.9. The van der Waals surface area contributed by atoms with Gasteiger partial charge in [0.25, 0.3) is 0 Å². The molecule has 134 valence electrons. The SMILES string of the molecule is COC(=O)c1ccc(O)c(-c2c3c(nc4ccccc24)C=CC(Br)C3=O)c1. The molecule has 0 aliphatic heterocycles. The largest absolute Gasteiger partial charge is 0.507 e. The molecule has 4 rings (SSSR count). The summed E-state index contributed by atoms with van der Waals surface area (Å²) in [6, 6.07) is 11.8. The van der Waals surface area contributed by atoms with Crippen LogP contribution in [0.2, 0.25) is 0 Å². The lowest BCUT2D eigenvalue weighted by molar-refractivity contribution is 0.0600. The first-order chi connectivity index (χ1) is 13.0. The molecule has 1 unspecified atom stereocenters. The summed E-state index contributed by atoms with van der Waals surface area (Å²) < 4.78 is 4.79. The number of ether oxygens (including phenoxy) is 1. The minimum Gasteiger partial charge on any atom is -0.507 e. The van der Waals surface area contributed by atoms with Crippen LogP contribution in [0.4, 0.5) is 0 Å². The van der Waals surface area contributed by atoms with Crippen molar-refractivity contribution < 1.29 is 19.4 Å². The van der Waals surface area contributed by atoms with E-state index in [-0.39, 0.29) is 17.1 Å². The summed E-state index contributed by atoms with van der Waals surface area (Å²) in [5, 5.41) is 11.3. The number of allylic oxidation sites excluding steroid dienone is 1. The van der Waals surface area contributed by atoms with Crippen LogP contribution in [-0.2, 0) is 4.74 Å². The Labute approximate surface area is 163 Å². The maximum Gasteiger partial charge on any atom is 0.337 e. The minimum atomic E-state index is -0.520. The summed E-state index contributed by atoms with van der Waals surface area (Å²) in [5.41, 5.74) is 2.87. The lowest BCUT2D eigenvalue weighted by atomic mass is 9.87. The van der Waals surface area contributed by atoms with E-state index in [0.29, 0.717) is 27.9 Å². The van der Waals surface area contributed by atoms with Gasteiger partial charge in [-0.25, -0.2) is 9.78 Å². The van der Waals surface area contributed by atoms with Gasteiger partial charge >= 0.3 is 5.97 Å². The number of alkyl halides is 1. The van der Waals surface area contributed by atoms with Crippen LogP contribution in [0.25, 0.3) is 28.1 Å². The second kappa shape index (κ2) is 6.63. The van der Waals surface area contributed by atoms with Crippen LogP contribution < -0.4 is 0 Å². The highest BCUT2D eigenvalue weighted by molar-refractivity contribution is 9.10. The number of carbonyl (C=O) groups is 2. The number of esters is 1. The number of phenolic OH excluding ortho intramolecular Hbond substituents is 1. The van der Waals surface area contributed by atoms with Crippen molar-refractivity contribution in [3.63, 3.8) is 0 Å². The van der Waals surface area contributed by atoms with Gasteiger partial charge in [-0.2, -0.15) is 0 Å². The number of halogens is 1. The van der Waals surface area contributed by atoms with Gasteiger partial charge in [0, 0.05) is 16.5 Å². The van der Waals surface area contributed by atoms with Gasteiger partial charge in [0.05, 0.1) is 34.3 Å². The zero-order valence-electron chi connectivity index (χ0n) is 14.3. The Hall–Kier alpha value is -2.99. The molecule has 1 atom stereocenters. The molecule has 1 heterocycles. The monoisotopic (exact) mass is 423 g/mol. The minimum absolute atomic E-state index is 0.0327. The number of aromatic hydroxyl groups is 1. The van der Waals surface area contributed by atoms with Crippen molar-refractivity contribution >= 4 is 44.7 Å². The van der Waals surface area contributed by atoms with Crippen LogP contribution in [0.15, 0.2) is 48.5 Å². The summed E-state index contributed by atoms with van der Waals surface area (Å²) in [5.74, 6) is -0.702. The Kier molecular flexibility index (Phi) is 4.28. The molecule has 0 spiro atoms. The fourth-order valence-corrected chi connectivity index (χ4v) is 3.64. The van der Waals surface area contributed by atoms with E-state index < -0.39 is 10.8 Å². The zero-order chi connectivity index (χ0) is 19.1. The number of hydrogen-bond acceptors (Lipinski definition) is 5. The first-order valence-corrected chi connectivity index (χ1v) is 9.13. The van der Waals surface area contributed by atoms with Gasteiger partial charge in [0.15, 0.2) is 5.78 Å². The number of carbonyl (C=O) groups excluding carboxylic acids is 2. The Morgan fingerprint density at radius 1 is 1.19 bits per heavy atom. The molecule has 1 aliphatic rings. The normalized spacial score (nSPS) is 15.6. The summed E-state index contributed by atoms with van der Waals surface area (Å²) in [7, 11) is 1.29. The number of nitrogens with zero attached hydrogens (tertiary/aromatic N) is 1.